The van der Waals surface area contributed by atoms with Crippen LogP contribution >= 0.6 is 87.2 Å². The number of hydrogen-bond acceptors (Lipinski definition) is 0. The molecule has 0 aliphatic rings. The highest BCUT2D eigenvalue weighted by Crippen LogP contribution is 2.35. The molecule has 0 bridgehead atoms. The van der Waals surface area contributed by atoms with Crippen LogP contribution in [0.25, 0.3) is 0 Å². The van der Waals surface area contributed by atoms with Gasteiger partial charge in [-0.15, -0.1) is 0 Å². The highest BCUT2D eigenvalue weighted by Gasteiger charge is 2.13. The minimum Gasteiger partial charge on any atom is -0.412 e. The minimum absolute atomic E-state index is 0. The summed E-state index contributed by atoms with van der Waals surface area (Å²) in [7, 11) is 0. The van der Waals surface area contributed by atoms with Gasteiger partial charge in [-0.25, -0.2) is 0 Å². The van der Waals surface area contributed by atoms with Crippen LogP contribution in [0.5, 0.6) is 0 Å². The van der Waals surface area contributed by atoms with Crippen LogP contribution in [0.1, 0.15) is 0 Å². The SMILES string of the molecule is I[Si](I)(I)I.O. The highest BCUT2D eigenvalue weighted by molar-refractivity contribution is 14.5. The van der Waals surface area contributed by atoms with Gasteiger partial charge in [-0.1, -0.05) is 87.2 Å². The predicted molar refractivity (Wildman–Crippen MR) is 65.4 cm³/mol. The van der Waals surface area contributed by atoms with Gasteiger partial charge in [-0.05, 0) is 0 Å². The molecule has 0 saturated heterocycles. The summed E-state index contributed by atoms with van der Waals surface area (Å²) in [6.07, 6.45) is 0. The Labute approximate surface area is 88.6 Å². The van der Waals surface area contributed by atoms with Crippen molar-refractivity contribution in [2.24, 2.45) is 0 Å². The zero-order chi connectivity index (χ0) is 4.50. The summed E-state index contributed by atoms with van der Waals surface area (Å²) in [4.78, 5) is 0. The summed E-state index contributed by atoms with van der Waals surface area (Å²) in [5.74, 6) is 0. The first kappa shape index (κ1) is 11.8. The average Bonchev–Trinajstić information content (AvgIpc) is 0.722. The first-order valence-corrected chi connectivity index (χ1v) is 15.2. The molecular formula is H2I4OSi. The molecule has 0 atom stereocenters. The molecule has 0 amide bonds. The van der Waals surface area contributed by atoms with Gasteiger partial charge in [0.25, 0.3) is 0 Å². The molecule has 0 rings (SSSR count). The second kappa shape index (κ2) is 4.93. The van der Waals surface area contributed by atoms with Gasteiger partial charge >= 0.3 is -1.94 Å². The van der Waals surface area contributed by atoms with Crippen molar-refractivity contribution in [1.29, 1.82) is 0 Å². The fourth-order valence-electron chi connectivity index (χ4n) is 0. The van der Waals surface area contributed by atoms with Crippen molar-refractivity contribution >= 4 is 85.2 Å². The van der Waals surface area contributed by atoms with Crippen LogP contribution in [0.3, 0.4) is 0 Å². The van der Waals surface area contributed by atoms with E-state index in [2.05, 4.69) is 87.2 Å². The van der Waals surface area contributed by atoms with E-state index in [1.807, 2.05) is 0 Å². The monoisotopic (exact) mass is 554 g/mol. The van der Waals surface area contributed by atoms with Gasteiger partial charge in [0.15, 0.2) is 0 Å². The lowest BCUT2D eigenvalue weighted by molar-refractivity contribution is 0.824. The van der Waals surface area contributed by atoms with Crippen LogP contribution in [0.4, 0.5) is 0 Å². The van der Waals surface area contributed by atoms with Gasteiger partial charge in [0, 0.05) is 0 Å². The zero-order valence-electron chi connectivity index (χ0n) is 2.51. The maximum atomic E-state index is 2.48. The third-order valence-corrected chi connectivity index (χ3v) is 0. The summed E-state index contributed by atoms with van der Waals surface area (Å²) in [5.41, 5.74) is 0. The molecule has 2 N–H and O–H groups in total. The molecule has 0 spiro atoms. The van der Waals surface area contributed by atoms with E-state index in [1.165, 1.54) is 0 Å². The molecule has 0 heterocycles. The largest absolute Gasteiger partial charge is 0.412 e. The summed E-state index contributed by atoms with van der Waals surface area (Å²) >= 11 is 9.91. The van der Waals surface area contributed by atoms with Crippen LogP contribution in [-0.2, 0) is 0 Å². The molecule has 40 valence electrons. The fourth-order valence-corrected chi connectivity index (χ4v) is 0. The summed E-state index contributed by atoms with van der Waals surface area (Å²) < 4.78 is -0.731. The Kier molecular flexibility index (Phi) is 9.73. The molecular weight excluding hydrogens is 552 g/mol. The molecule has 0 unspecified atom stereocenters. The summed E-state index contributed by atoms with van der Waals surface area (Å²) in [6.45, 7) is 0. The summed E-state index contributed by atoms with van der Waals surface area (Å²) in [6, 6.07) is 0. The second-order valence-corrected chi connectivity index (χ2v) is 57.9. The van der Waals surface area contributed by atoms with Gasteiger partial charge in [0.05, 0.1) is 0 Å². The van der Waals surface area contributed by atoms with Crippen LogP contribution < -0.4 is 0 Å². The van der Waals surface area contributed by atoms with Crippen molar-refractivity contribution in [2.45, 2.75) is 0 Å². The molecule has 6 heteroatoms. The van der Waals surface area contributed by atoms with E-state index in [0.29, 0.717) is 0 Å². The first-order valence-electron chi connectivity index (χ1n) is 0.756. The molecule has 0 radical (unpaired) electrons. The third-order valence-electron chi connectivity index (χ3n) is 0. The van der Waals surface area contributed by atoms with Crippen molar-refractivity contribution in [3.05, 3.63) is 0 Å². The van der Waals surface area contributed by atoms with E-state index >= 15 is 0 Å². The van der Waals surface area contributed by atoms with Gasteiger partial charge in [0.2, 0.25) is 0 Å². The second-order valence-electron chi connectivity index (χ2n) is 0.429. The highest BCUT2D eigenvalue weighted by atomic mass is 127. The van der Waals surface area contributed by atoms with Gasteiger partial charge in [0.1, 0.15) is 0 Å². The van der Waals surface area contributed by atoms with Crippen molar-refractivity contribution < 1.29 is 5.48 Å². The lowest BCUT2D eigenvalue weighted by atomic mass is 16.0. The van der Waals surface area contributed by atoms with E-state index in [9.17, 15) is 0 Å². The maximum Gasteiger partial charge on any atom is 0.317 e. The third kappa shape index (κ3) is 27.5. The lowest BCUT2D eigenvalue weighted by Gasteiger charge is -1.89. The molecule has 0 saturated carbocycles. The molecule has 0 aliphatic carbocycles. The van der Waals surface area contributed by atoms with Gasteiger partial charge in [-0.3, -0.25) is 0 Å². The van der Waals surface area contributed by atoms with Crippen LogP contribution in [-0.4, -0.2) is 3.54 Å². The van der Waals surface area contributed by atoms with Gasteiger partial charge in [-0.2, -0.15) is 0 Å². The zero-order valence-corrected chi connectivity index (χ0v) is 12.1. The molecule has 0 fully saturated rings. The van der Waals surface area contributed by atoms with Crippen molar-refractivity contribution in [3.8, 4) is 0 Å². The van der Waals surface area contributed by atoms with E-state index in [1.54, 1.807) is 0 Å². The standard InChI is InChI=1S/I4Si.H2O/c1-5(2,3)4;/h;1H2. The molecule has 0 aliphatic heterocycles. The predicted octanol–water partition coefficient (Wildman–Crippen LogP) is 2.34. The average molecular weight is 554 g/mol. The Hall–Kier alpha value is 3.10. The lowest BCUT2D eigenvalue weighted by Crippen LogP contribution is -1.84. The van der Waals surface area contributed by atoms with Crippen LogP contribution in [0.2, 0.25) is 0 Å². The Bertz CT molecular complexity index is 23.0. The Morgan fingerprint density at radius 1 is 0.833 bits per heavy atom. The maximum absolute atomic E-state index is 2.48. The molecule has 0 aromatic carbocycles. The van der Waals surface area contributed by atoms with Crippen LogP contribution in [0, 0.1) is 0 Å². The van der Waals surface area contributed by atoms with Crippen LogP contribution in [0.15, 0.2) is 0 Å². The number of hydrogen-bond donors (Lipinski definition) is 0. The topological polar surface area (TPSA) is 31.5 Å². The van der Waals surface area contributed by atoms with E-state index in [-0.39, 0.29) is 5.48 Å². The molecule has 1 nitrogen and oxygen atoms in total. The smallest absolute Gasteiger partial charge is 0.317 e. The van der Waals surface area contributed by atoms with E-state index < -0.39 is -1.94 Å². The van der Waals surface area contributed by atoms with Gasteiger partial charge < -0.3 is 5.48 Å². The Morgan fingerprint density at radius 2 is 0.833 bits per heavy atom. The van der Waals surface area contributed by atoms with Crippen molar-refractivity contribution in [2.75, 3.05) is 0 Å². The first-order chi connectivity index (χ1) is 2.00. The van der Waals surface area contributed by atoms with E-state index in [0.717, 1.165) is 0 Å². The molecule has 6 heavy (non-hydrogen) atoms. The van der Waals surface area contributed by atoms with Crippen molar-refractivity contribution in [1.82, 2.24) is 0 Å². The fraction of sp³-hybridized carbons (Fsp3) is 0. The normalized spacial score (nSPS) is 10.0. The number of halogens is 4. The molecule has 0 aromatic rings. The molecule has 0 aromatic heterocycles. The summed E-state index contributed by atoms with van der Waals surface area (Å²) in [5, 5.41) is 0. The van der Waals surface area contributed by atoms with E-state index in [4.69, 9.17) is 0 Å². The Balaban J connectivity index is 0. The quantitative estimate of drug-likeness (QED) is 0.251. The number of rotatable bonds is 0. The minimum atomic E-state index is -0.731. The van der Waals surface area contributed by atoms with Crippen molar-refractivity contribution in [3.63, 3.8) is 0 Å². The Morgan fingerprint density at radius 3 is 0.833 bits per heavy atom.